The minimum absolute atomic E-state index is 0.545. The molecule has 0 amide bonds. The minimum Gasteiger partial charge on any atom is -0.383 e. The van der Waals surface area contributed by atoms with E-state index in [2.05, 4.69) is 27.3 Å². The van der Waals surface area contributed by atoms with Crippen molar-refractivity contribution < 1.29 is 4.74 Å². The maximum absolute atomic E-state index is 6.13. The predicted octanol–water partition coefficient (Wildman–Crippen LogP) is 5.28. The molecule has 1 heterocycles. The van der Waals surface area contributed by atoms with Crippen molar-refractivity contribution in [3.8, 4) is 0 Å². The van der Waals surface area contributed by atoms with Gasteiger partial charge in [-0.15, -0.1) is 11.3 Å². The molecule has 1 aromatic rings. The zero-order valence-electron chi connectivity index (χ0n) is 12.7. The molecule has 1 aliphatic carbocycles. The van der Waals surface area contributed by atoms with Crippen LogP contribution in [0, 0.1) is 5.41 Å². The van der Waals surface area contributed by atoms with Crippen LogP contribution in [0.25, 0.3) is 0 Å². The molecule has 1 fully saturated rings. The van der Waals surface area contributed by atoms with Gasteiger partial charge in [0.15, 0.2) is 0 Å². The van der Waals surface area contributed by atoms with Gasteiger partial charge in [-0.1, -0.05) is 24.4 Å². The van der Waals surface area contributed by atoms with E-state index < -0.39 is 0 Å². The summed E-state index contributed by atoms with van der Waals surface area (Å²) in [6, 6.07) is 2.12. The van der Waals surface area contributed by atoms with Gasteiger partial charge in [0.05, 0.1) is 15.4 Å². The highest BCUT2D eigenvalue weighted by Crippen LogP contribution is 2.45. The molecule has 2 rings (SSSR count). The molecule has 1 aliphatic rings. The molecule has 0 bridgehead atoms. The summed E-state index contributed by atoms with van der Waals surface area (Å²) < 4.78 is 6.15. The van der Waals surface area contributed by atoms with E-state index in [4.69, 9.17) is 16.3 Å². The van der Waals surface area contributed by atoms with Gasteiger partial charge in [0.2, 0.25) is 0 Å². The number of hydrogen-bond acceptors (Lipinski definition) is 3. The van der Waals surface area contributed by atoms with Crippen LogP contribution >= 0.6 is 38.9 Å². The van der Waals surface area contributed by atoms with E-state index in [1.54, 1.807) is 18.4 Å². The molecular formula is C16H25BrClNOS. The molecular weight excluding hydrogens is 370 g/mol. The third-order valence-electron chi connectivity index (χ3n) is 4.58. The highest BCUT2D eigenvalue weighted by Gasteiger charge is 2.32. The lowest BCUT2D eigenvalue weighted by Gasteiger charge is -2.29. The molecule has 5 heteroatoms. The number of rotatable bonds is 9. The Labute approximate surface area is 145 Å². The molecule has 1 saturated carbocycles. The third kappa shape index (κ3) is 5.51. The molecule has 2 nitrogen and oxygen atoms in total. The van der Waals surface area contributed by atoms with Gasteiger partial charge in [-0.2, -0.15) is 0 Å². The SMILES string of the molecule is COCCNCCC1(CCc2cc(Cl)c(Br)s2)CCCC1. The van der Waals surface area contributed by atoms with Crippen LogP contribution in [-0.4, -0.2) is 26.8 Å². The van der Waals surface area contributed by atoms with Crippen LogP contribution in [0.4, 0.5) is 0 Å². The monoisotopic (exact) mass is 393 g/mol. The lowest BCUT2D eigenvalue weighted by molar-refractivity contribution is 0.194. The summed E-state index contributed by atoms with van der Waals surface area (Å²) in [5.74, 6) is 0. The number of thiophene rings is 1. The van der Waals surface area contributed by atoms with Gasteiger partial charge in [0.25, 0.3) is 0 Å². The third-order valence-corrected chi connectivity index (χ3v) is 7.11. The van der Waals surface area contributed by atoms with Crippen LogP contribution in [0.5, 0.6) is 0 Å². The number of methoxy groups -OCH3 is 1. The van der Waals surface area contributed by atoms with Crippen LogP contribution < -0.4 is 5.32 Å². The Morgan fingerprint density at radius 2 is 2.10 bits per heavy atom. The quantitative estimate of drug-likeness (QED) is 0.575. The van der Waals surface area contributed by atoms with Crippen molar-refractivity contribution in [1.29, 1.82) is 0 Å². The molecule has 1 N–H and O–H groups in total. The Kier molecular flexibility index (Phi) is 7.50. The number of nitrogens with one attached hydrogen (secondary N) is 1. The molecule has 21 heavy (non-hydrogen) atoms. The first kappa shape index (κ1) is 17.7. The van der Waals surface area contributed by atoms with E-state index >= 15 is 0 Å². The van der Waals surface area contributed by atoms with Crippen molar-refractivity contribution in [3.63, 3.8) is 0 Å². The van der Waals surface area contributed by atoms with E-state index in [9.17, 15) is 0 Å². The Balaban J connectivity index is 1.80. The lowest BCUT2D eigenvalue weighted by Crippen LogP contribution is -2.27. The summed E-state index contributed by atoms with van der Waals surface area (Å²) in [7, 11) is 1.75. The fourth-order valence-corrected chi connectivity index (χ4v) is 5.12. The normalized spacial score (nSPS) is 17.5. The predicted molar refractivity (Wildman–Crippen MR) is 95.6 cm³/mol. The Morgan fingerprint density at radius 3 is 2.71 bits per heavy atom. The molecule has 0 aromatic carbocycles. The standard InChI is InChI=1S/C16H25BrClNOS/c1-20-11-10-19-9-8-16(5-2-3-6-16)7-4-13-12-14(18)15(17)21-13/h12,19H,2-11H2,1H3. The van der Waals surface area contributed by atoms with Crippen LogP contribution in [0.3, 0.4) is 0 Å². The van der Waals surface area contributed by atoms with Crippen LogP contribution in [0.2, 0.25) is 5.02 Å². The van der Waals surface area contributed by atoms with Crippen molar-refractivity contribution in [2.24, 2.45) is 5.41 Å². The highest BCUT2D eigenvalue weighted by molar-refractivity contribution is 9.11. The van der Waals surface area contributed by atoms with Crippen LogP contribution in [-0.2, 0) is 11.2 Å². The van der Waals surface area contributed by atoms with Gasteiger partial charge < -0.3 is 10.1 Å². The first-order valence-electron chi connectivity index (χ1n) is 7.79. The number of ether oxygens (including phenoxy) is 1. The zero-order chi connectivity index (χ0) is 15.1. The largest absolute Gasteiger partial charge is 0.383 e. The summed E-state index contributed by atoms with van der Waals surface area (Å²) in [6.45, 7) is 2.87. The maximum Gasteiger partial charge on any atom is 0.0887 e. The number of halogens is 2. The summed E-state index contributed by atoms with van der Waals surface area (Å²) in [4.78, 5) is 1.41. The van der Waals surface area contributed by atoms with Gasteiger partial charge in [-0.25, -0.2) is 0 Å². The minimum atomic E-state index is 0.545. The van der Waals surface area contributed by atoms with Crippen molar-refractivity contribution in [2.75, 3.05) is 26.8 Å². The fraction of sp³-hybridized carbons (Fsp3) is 0.750. The summed E-state index contributed by atoms with van der Waals surface area (Å²) in [5.41, 5.74) is 0.545. The van der Waals surface area contributed by atoms with E-state index in [-0.39, 0.29) is 0 Å². The van der Waals surface area contributed by atoms with Crippen LogP contribution in [0.1, 0.15) is 43.4 Å². The lowest BCUT2D eigenvalue weighted by atomic mass is 9.78. The van der Waals surface area contributed by atoms with Gasteiger partial charge >= 0.3 is 0 Å². The van der Waals surface area contributed by atoms with Crippen molar-refractivity contribution in [3.05, 3.63) is 19.8 Å². The smallest absolute Gasteiger partial charge is 0.0887 e. The second-order valence-corrected chi connectivity index (χ2v) is 8.90. The molecule has 0 unspecified atom stereocenters. The van der Waals surface area contributed by atoms with E-state index in [1.807, 2.05) is 0 Å². The average molecular weight is 395 g/mol. The highest BCUT2D eigenvalue weighted by atomic mass is 79.9. The molecule has 0 saturated heterocycles. The second-order valence-electron chi connectivity index (χ2n) is 6.03. The maximum atomic E-state index is 6.13. The van der Waals surface area contributed by atoms with E-state index in [0.717, 1.165) is 34.9 Å². The van der Waals surface area contributed by atoms with E-state index in [0.29, 0.717) is 5.41 Å². The van der Waals surface area contributed by atoms with Gasteiger partial charge in [-0.3, -0.25) is 0 Å². The molecule has 120 valence electrons. The Bertz CT molecular complexity index is 412. The summed E-state index contributed by atoms with van der Waals surface area (Å²) in [5, 5.41) is 4.36. The number of hydrogen-bond donors (Lipinski definition) is 1. The van der Waals surface area contributed by atoms with Gasteiger partial charge in [0, 0.05) is 18.5 Å². The summed E-state index contributed by atoms with van der Waals surface area (Å²) in [6.07, 6.45) is 9.31. The zero-order valence-corrected chi connectivity index (χ0v) is 15.9. The van der Waals surface area contributed by atoms with Crippen molar-refractivity contribution in [2.45, 2.75) is 44.9 Å². The van der Waals surface area contributed by atoms with E-state index in [1.165, 1.54) is 43.4 Å². The molecule has 0 radical (unpaired) electrons. The molecule has 0 spiro atoms. The molecule has 0 atom stereocenters. The summed E-state index contributed by atoms with van der Waals surface area (Å²) >= 11 is 11.4. The molecule has 0 aliphatic heterocycles. The van der Waals surface area contributed by atoms with Crippen molar-refractivity contribution in [1.82, 2.24) is 5.32 Å². The first-order chi connectivity index (χ1) is 10.2. The average Bonchev–Trinajstić information content (AvgIpc) is 3.05. The Hall–Kier alpha value is 0.390. The topological polar surface area (TPSA) is 21.3 Å². The second kappa shape index (κ2) is 8.88. The van der Waals surface area contributed by atoms with Gasteiger partial charge in [-0.05, 0) is 66.1 Å². The Morgan fingerprint density at radius 1 is 1.33 bits per heavy atom. The number of aryl methyl sites for hydroxylation is 1. The van der Waals surface area contributed by atoms with Crippen molar-refractivity contribution >= 4 is 38.9 Å². The first-order valence-corrected chi connectivity index (χ1v) is 9.77. The van der Waals surface area contributed by atoms with Crippen LogP contribution in [0.15, 0.2) is 9.85 Å². The molecule has 1 aromatic heterocycles. The fourth-order valence-electron chi connectivity index (χ4n) is 3.31. The van der Waals surface area contributed by atoms with Gasteiger partial charge in [0.1, 0.15) is 0 Å².